The van der Waals surface area contributed by atoms with E-state index in [9.17, 15) is 9.70 Å². The van der Waals surface area contributed by atoms with Crippen LogP contribution in [0.15, 0.2) is 53.7 Å². The number of benzene rings is 1. The summed E-state index contributed by atoms with van der Waals surface area (Å²) in [7, 11) is 1.55. The molecule has 0 aliphatic carbocycles. The first-order chi connectivity index (χ1) is 15.0. The number of rotatable bonds is 8. The van der Waals surface area contributed by atoms with E-state index in [2.05, 4.69) is 29.0 Å². The van der Waals surface area contributed by atoms with Gasteiger partial charge in [0.1, 0.15) is 5.82 Å². The third kappa shape index (κ3) is 4.13. The van der Waals surface area contributed by atoms with Crippen molar-refractivity contribution < 1.29 is 9.53 Å². The zero-order valence-corrected chi connectivity index (χ0v) is 18.0. The van der Waals surface area contributed by atoms with Crippen LogP contribution in [0.1, 0.15) is 55.1 Å². The highest BCUT2D eigenvalue weighted by Crippen LogP contribution is 2.40. The molecule has 0 bridgehead atoms. The highest BCUT2D eigenvalue weighted by Gasteiger charge is 2.39. The van der Waals surface area contributed by atoms with Crippen molar-refractivity contribution in [1.29, 1.82) is 0 Å². The van der Waals surface area contributed by atoms with E-state index in [1.54, 1.807) is 18.1 Å². The second-order valence-electron chi connectivity index (χ2n) is 8.31. The van der Waals surface area contributed by atoms with E-state index in [4.69, 9.17) is 4.74 Å². The van der Waals surface area contributed by atoms with E-state index in [0.717, 1.165) is 17.4 Å². The molecule has 0 fully saturated rings. The Balaban J connectivity index is 1.73. The molecule has 160 valence electrons. The molecular weight excluding hydrogens is 392 g/mol. The lowest BCUT2D eigenvalue weighted by atomic mass is 9.94. The summed E-state index contributed by atoms with van der Waals surface area (Å²) in [4.78, 5) is 35.7. The Hall–Kier alpha value is -3.35. The van der Waals surface area contributed by atoms with Gasteiger partial charge in [0.2, 0.25) is 5.88 Å². The summed E-state index contributed by atoms with van der Waals surface area (Å²) in [6.07, 6.45) is 2.08. The number of carbonyl (C=O) groups excluding carboxylic acids is 1. The van der Waals surface area contributed by atoms with Gasteiger partial charge in [0.15, 0.2) is 5.65 Å². The summed E-state index contributed by atoms with van der Waals surface area (Å²) in [6.45, 7) is 4.26. The number of hydrogen-bond donors (Lipinski definition) is 0. The monoisotopic (exact) mass is 418 g/mol. The number of nitrogens with zero attached hydrogens (tertiary/aromatic N) is 4. The van der Waals surface area contributed by atoms with Crippen LogP contribution in [0.25, 0.3) is 11.0 Å². The van der Waals surface area contributed by atoms with Gasteiger partial charge in [0.25, 0.3) is 5.91 Å². The largest absolute Gasteiger partial charge is 0.481 e. The van der Waals surface area contributed by atoms with Gasteiger partial charge in [-0.25, -0.2) is 4.98 Å². The second kappa shape index (κ2) is 8.79. The normalized spacial score (nSPS) is 16.6. The molecule has 1 aliphatic rings. The molecule has 0 N–H and O–H groups in total. The maximum Gasteiger partial charge on any atom is 0.260 e. The van der Waals surface area contributed by atoms with Crippen LogP contribution in [0.4, 0.5) is 5.82 Å². The molecule has 0 radical (unpaired) electrons. The fraction of sp³-hybridized carbons (Fsp3) is 0.375. The molecule has 0 spiro atoms. The van der Waals surface area contributed by atoms with Crippen molar-refractivity contribution in [2.75, 3.05) is 12.0 Å². The Kier molecular flexibility index (Phi) is 5.93. The predicted molar refractivity (Wildman–Crippen MR) is 120 cm³/mol. The molecular formula is C24H26N4O3. The van der Waals surface area contributed by atoms with Gasteiger partial charge in [-0.3, -0.25) is 9.69 Å². The molecule has 0 saturated heterocycles. The minimum Gasteiger partial charge on any atom is -0.481 e. The van der Waals surface area contributed by atoms with E-state index in [-0.39, 0.29) is 18.0 Å². The average Bonchev–Trinajstić information content (AvgIpc) is 3.07. The smallest absolute Gasteiger partial charge is 0.260 e. The number of amides is 1. The maximum absolute atomic E-state index is 13.3. The van der Waals surface area contributed by atoms with Crippen molar-refractivity contribution in [2.45, 2.75) is 45.2 Å². The molecule has 1 amide bonds. The SMILES string of the molecule is COc1ccc2ccc(N3C(=O)c4ccccc4C3CC(CCC(C)C)N=O)nc2n1. The van der Waals surface area contributed by atoms with Gasteiger partial charge in [0.05, 0.1) is 19.2 Å². The summed E-state index contributed by atoms with van der Waals surface area (Å²) < 4.78 is 5.22. The van der Waals surface area contributed by atoms with Crippen molar-refractivity contribution in [3.05, 3.63) is 64.6 Å². The number of anilines is 1. The van der Waals surface area contributed by atoms with E-state index >= 15 is 0 Å². The van der Waals surface area contributed by atoms with Crippen molar-refractivity contribution in [2.24, 2.45) is 11.1 Å². The van der Waals surface area contributed by atoms with Crippen molar-refractivity contribution in [3.63, 3.8) is 0 Å². The van der Waals surface area contributed by atoms with Crippen molar-refractivity contribution in [1.82, 2.24) is 9.97 Å². The van der Waals surface area contributed by atoms with Crippen molar-refractivity contribution >= 4 is 22.8 Å². The van der Waals surface area contributed by atoms with E-state index < -0.39 is 0 Å². The van der Waals surface area contributed by atoms with Crippen LogP contribution >= 0.6 is 0 Å². The summed E-state index contributed by atoms with van der Waals surface area (Å²) in [5.41, 5.74) is 2.05. The van der Waals surface area contributed by atoms with E-state index in [1.807, 2.05) is 42.5 Å². The molecule has 2 aromatic heterocycles. The van der Waals surface area contributed by atoms with Gasteiger partial charge in [-0.1, -0.05) is 37.2 Å². The number of ether oxygens (including phenoxy) is 1. The van der Waals surface area contributed by atoms with Crippen LogP contribution in [-0.2, 0) is 0 Å². The molecule has 7 nitrogen and oxygen atoms in total. The Morgan fingerprint density at radius 3 is 2.58 bits per heavy atom. The first-order valence-corrected chi connectivity index (χ1v) is 10.6. The molecule has 2 unspecified atom stereocenters. The number of nitroso groups, excluding NO2 is 1. The highest BCUT2D eigenvalue weighted by molar-refractivity contribution is 6.10. The predicted octanol–water partition coefficient (Wildman–Crippen LogP) is 5.30. The van der Waals surface area contributed by atoms with E-state index in [0.29, 0.717) is 41.7 Å². The standard InChI is InChI=1S/C24H26N4O3/c1-15(2)8-11-17(27-30)14-20-18-6-4-5-7-19(18)24(29)28(20)21-12-9-16-10-13-22(31-3)26-23(16)25-21/h4-7,9-10,12-13,15,17,20H,8,11,14H2,1-3H3. The van der Waals surface area contributed by atoms with Crippen LogP contribution < -0.4 is 9.64 Å². The Bertz CT molecular complexity index is 1110. The topological polar surface area (TPSA) is 84.8 Å². The first-order valence-electron chi connectivity index (χ1n) is 10.6. The average molecular weight is 418 g/mol. The molecule has 7 heteroatoms. The lowest BCUT2D eigenvalue weighted by Gasteiger charge is -2.26. The fourth-order valence-corrected chi connectivity index (χ4v) is 4.11. The fourth-order valence-electron chi connectivity index (χ4n) is 4.11. The third-order valence-corrected chi connectivity index (χ3v) is 5.77. The number of aromatic nitrogens is 2. The number of hydrogen-bond acceptors (Lipinski definition) is 6. The number of methoxy groups -OCH3 is 1. The number of pyridine rings is 2. The number of carbonyl (C=O) groups is 1. The summed E-state index contributed by atoms with van der Waals surface area (Å²) in [5.74, 6) is 1.33. The minimum absolute atomic E-state index is 0.121. The van der Waals surface area contributed by atoms with Gasteiger partial charge < -0.3 is 4.74 Å². The lowest BCUT2D eigenvalue weighted by Crippen LogP contribution is -2.30. The lowest BCUT2D eigenvalue weighted by molar-refractivity contribution is 0.0989. The molecule has 2 atom stereocenters. The zero-order chi connectivity index (χ0) is 22.0. The van der Waals surface area contributed by atoms with Crippen LogP contribution in [0.3, 0.4) is 0 Å². The van der Waals surface area contributed by atoms with Gasteiger partial charge in [-0.15, -0.1) is 0 Å². The van der Waals surface area contributed by atoms with Gasteiger partial charge in [-0.2, -0.15) is 9.89 Å². The first kappa shape index (κ1) is 20.9. The van der Waals surface area contributed by atoms with Crippen LogP contribution in [0, 0.1) is 10.8 Å². The van der Waals surface area contributed by atoms with Crippen LogP contribution in [-0.4, -0.2) is 29.0 Å². The molecule has 1 aliphatic heterocycles. The van der Waals surface area contributed by atoms with Gasteiger partial charge in [0, 0.05) is 17.0 Å². The van der Waals surface area contributed by atoms with Crippen molar-refractivity contribution in [3.8, 4) is 5.88 Å². The second-order valence-corrected chi connectivity index (χ2v) is 8.31. The Morgan fingerprint density at radius 1 is 1.06 bits per heavy atom. The van der Waals surface area contributed by atoms with Crippen LogP contribution in [0.2, 0.25) is 0 Å². The zero-order valence-electron chi connectivity index (χ0n) is 18.0. The van der Waals surface area contributed by atoms with Crippen LogP contribution in [0.5, 0.6) is 5.88 Å². The van der Waals surface area contributed by atoms with Gasteiger partial charge >= 0.3 is 0 Å². The summed E-state index contributed by atoms with van der Waals surface area (Å²) in [6, 6.07) is 14.3. The van der Waals surface area contributed by atoms with Gasteiger partial charge in [-0.05, 0) is 55.0 Å². The highest BCUT2D eigenvalue weighted by atomic mass is 16.5. The van der Waals surface area contributed by atoms with E-state index in [1.165, 1.54) is 0 Å². The summed E-state index contributed by atoms with van der Waals surface area (Å²) >= 11 is 0. The third-order valence-electron chi connectivity index (χ3n) is 5.77. The Labute approximate surface area is 181 Å². The minimum atomic E-state index is -0.368. The Morgan fingerprint density at radius 2 is 1.84 bits per heavy atom. The summed E-state index contributed by atoms with van der Waals surface area (Å²) in [5, 5.41) is 4.24. The quantitative estimate of drug-likeness (QED) is 0.463. The molecule has 31 heavy (non-hydrogen) atoms. The molecule has 1 aromatic carbocycles. The molecule has 3 aromatic rings. The maximum atomic E-state index is 13.3. The molecule has 4 rings (SSSR count). The number of fused-ring (bicyclic) bond motifs is 2. The molecule has 3 heterocycles. The molecule has 0 saturated carbocycles.